The van der Waals surface area contributed by atoms with Gasteiger partial charge in [0.05, 0.1) is 11.5 Å². The molecule has 0 atom stereocenters. The van der Waals surface area contributed by atoms with E-state index in [-0.39, 0.29) is 22.8 Å². The van der Waals surface area contributed by atoms with Gasteiger partial charge in [0.15, 0.2) is 5.04 Å². The summed E-state index contributed by atoms with van der Waals surface area (Å²) in [5.74, 6) is 0.413. The minimum Gasteiger partial charge on any atom is -0.491 e. The molecule has 3 aromatic rings. The second kappa shape index (κ2) is 9.80. The number of nitrogens with one attached hydrogen (secondary N) is 1. The Kier molecular flexibility index (Phi) is 7.15. The van der Waals surface area contributed by atoms with Crippen LogP contribution in [0.25, 0.3) is 0 Å². The van der Waals surface area contributed by atoms with E-state index >= 15 is 0 Å². The van der Waals surface area contributed by atoms with Crippen LogP contribution in [0.4, 0.5) is 5.69 Å². The molecular weight excluding hydrogens is 420 g/mol. The molecule has 0 spiro atoms. The van der Waals surface area contributed by atoms with E-state index in [2.05, 4.69) is 0 Å². The number of hydrogen-bond donors (Lipinski definition) is 2. The number of anilines is 1. The van der Waals surface area contributed by atoms with Gasteiger partial charge in [-0.25, -0.2) is 8.42 Å². The van der Waals surface area contributed by atoms with Crippen LogP contribution in [0.5, 0.6) is 5.75 Å². The van der Waals surface area contributed by atoms with E-state index in [1.54, 1.807) is 24.3 Å². The Hall–Kier alpha value is -2.81. The number of nitrogen functional groups attached to an aromatic ring is 1. The number of nitrogens with two attached hydrogens (primary N) is 1. The third-order valence-corrected chi connectivity index (χ3v) is 6.60. The van der Waals surface area contributed by atoms with Crippen LogP contribution in [0.1, 0.15) is 11.1 Å². The SMILES string of the molecule is Cc1ccc(SOCCOc2ccc(N)c(C(=N)S(=O)(=O)c3ccccc3)c2)cc1. The summed E-state index contributed by atoms with van der Waals surface area (Å²) in [6.07, 6.45) is 0. The van der Waals surface area contributed by atoms with Gasteiger partial charge in [-0.3, -0.25) is 5.41 Å². The largest absolute Gasteiger partial charge is 0.491 e. The third kappa shape index (κ3) is 5.41. The summed E-state index contributed by atoms with van der Waals surface area (Å²) in [5.41, 5.74) is 7.41. The van der Waals surface area contributed by atoms with Gasteiger partial charge in [0.2, 0.25) is 9.84 Å². The standard InChI is InChI=1S/C22H22N2O4S2/c1-16-7-10-18(11-8-16)29-28-14-13-27-17-9-12-21(23)20(15-17)22(24)30(25,26)19-5-3-2-4-6-19/h2-12,15,24H,13-14,23H2,1H3. The van der Waals surface area contributed by atoms with Gasteiger partial charge in [-0.1, -0.05) is 35.9 Å². The van der Waals surface area contributed by atoms with Crippen LogP contribution >= 0.6 is 12.0 Å². The predicted molar refractivity (Wildman–Crippen MR) is 120 cm³/mol. The first-order valence-electron chi connectivity index (χ1n) is 9.15. The molecule has 0 aliphatic heterocycles. The summed E-state index contributed by atoms with van der Waals surface area (Å²) >= 11 is 1.26. The first-order chi connectivity index (χ1) is 14.4. The number of hydrogen-bond acceptors (Lipinski definition) is 7. The first-order valence-corrected chi connectivity index (χ1v) is 11.4. The Morgan fingerprint density at radius 3 is 2.40 bits per heavy atom. The second-order valence-electron chi connectivity index (χ2n) is 6.46. The van der Waals surface area contributed by atoms with E-state index in [9.17, 15) is 8.42 Å². The molecule has 3 rings (SSSR count). The van der Waals surface area contributed by atoms with Gasteiger partial charge < -0.3 is 14.7 Å². The van der Waals surface area contributed by atoms with E-state index in [1.807, 2.05) is 31.2 Å². The van der Waals surface area contributed by atoms with Crippen molar-refractivity contribution in [3.8, 4) is 5.75 Å². The van der Waals surface area contributed by atoms with Crippen molar-refractivity contribution in [3.05, 3.63) is 83.9 Å². The van der Waals surface area contributed by atoms with E-state index < -0.39 is 14.9 Å². The fourth-order valence-electron chi connectivity index (χ4n) is 2.58. The molecule has 0 aliphatic carbocycles. The topological polar surface area (TPSA) is 102 Å². The van der Waals surface area contributed by atoms with Crippen molar-refractivity contribution in [3.63, 3.8) is 0 Å². The summed E-state index contributed by atoms with van der Waals surface area (Å²) in [6, 6.07) is 20.4. The van der Waals surface area contributed by atoms with Gasteiger partial charge in [-0.15, -0.1) is 0 Å². The molecule has 0 saturated carbocycles. The van der Waals surface area contributed by atoms with Crippen LogP contribution in [-0.4, -0.2) is 26.7 Å². The minimum absolute atomic E-state index is 0.0438. The lowest BCUT2D eigenvalue weighted by Gasteiger charge is -2.12. The molecule has 0 fully saturated rings. The quantitative estimate of drug-likeness (QED) is 0.175. The number of ether oxygens (including phenoxy) is 1. The fraction of sp³-hybridized carbons (Fsp3) is 0.136. The second-order valence-corrected chi connectivity index (χ2v) is 9.22. The molecule has 0 heterocycles. The van der Waals surface area contributed by atoms with Gasteiger partial charge in [-0.2, -0.15) is 0 Å². The fourth-order valence-corrected chi connectivity index (χ4v) is 4.33. The lowest BCUT2D eigenvalue weighted by Crippen LogP contribution is -2.17. The van der Waals surface area contributed by atoms with Crippen LogP contribution in [0.2, 0.25) is 0 Å². The van der Waals surface area contributed by atoms with E-state index in [1.165, 1.54) is 41.9 Å². The number of rotatable bonds is 8. The smallest absolute Gasteiger partial charge is 0.223 e. The molecule has 8 heteroatoms. The normalized spacial score (nSPS) is 11.2. The molecule has 0 radical (unpaired) electrons. The van der Waals surface area contributed by atoms with Crippen molar-refractivity contribution in [2.24, 2.45) is 0 Å². The predicted octanol–water partition coefficient (Wildman–Crippen LogP) is 4.48. The maximum absolute atomic E-state index is 12.7. The average Bonchev–Trinajstić information content (AvgIpc) is 2.76. The van der Waals surface area contributed by atoms with E-state index in [4.69, 9.17) is 20.1 Å². The first kappa shape index (κ1) is 21.9. The summed E-state index contributed by atoms with van der Waals surface area (Å²) in [5, 5.41) is 7.64. The van der Waals surface area contributed by atoms with Crippen LogP contribution in [0, 0.1) is 12.3 Å². The number of aryl methyl sites for hydroxylation is 1. The maximum Gasteiger partial charge on any atom is 0.223 e. The molecule has 3 N–H and O–H groups in total. The minimum atomic E-state index is -3.97. The van der Waals surface area contributed by atoms with Gasteiger partial charge in [-0.05, 0) is 49.4 Å². The maximum atomic E-state index is 12.7. The van der Waals surface area contributed by atoms with Crippen molar-refractivity contribution in [1.29, 1.82) is 5.41 Å². The highest BCUT2D eigenvalue weighted by atomic mass is 32.2. The molecule has 6 nitrogen and oxygen atoms in total. The van der Waals surface area contributed by atoms with Gasteiger partial charge in [0.25, 0.3) is 0 Å². The van der Waals surface area contributed by atoms with E-state index in [0.29, 0.717) is 12.4 Å². The van der Waals surface area contributed by atoms with Crippen molar-refractivity contribution in [2.45, 2.75) is 16.7 Å². The van der Waals surface area contributed by atoms with Gasteiger partial charge in [0.1, 0.15) is 12.4 Å². The average molecular weight is 443 g/mol. The van der Waals surface area contributed by atoms with Crippen LogP contribution in [-0.2, 0) is 14.0 Å². The zero-order chi connectivity index (χ0) is 21.6. The summed E-state index contributed by atoms with van der Waals surface area (Å²) in [4.78, 5) is 1.04. The van der Waals surface area contributed by atoms with Gasteiger partial charge >= 0.3 is 0 Å². The van der Waals surface area contributed by atoms with Crippen molar-refractivity contribution in [1.82, 2.24) is 0 Å². The number of sulfone groups is 1. The Balaban J connectivity index is 1.61. The highest BCUT2D eigenvalue weighted by Crippen LogP contribution is 2.25. The van der Waals surface area contributed by atoms with Crippen molar-refractivity contribution >= 4 is 32.6 Å². The Labute approximate surface area is 180 Å². The molecular formula is C22H22N2O4S2. The van der Waals surface area contributed by atoms with Crippen LogP contribution in [0.3, 0.4) is 0 Å². The van der Waals surface area contributed by atoms with Crippen LogP contribution < -0.4 is 10.5 Å². The van der Waals surface area contributed by atoms with Crippen molar-refractivity contribution in [2.75, 3.05) is 18.9 Å². The lowest BCUT2D eigenvalue weighted by atomic mass is 10.2. The molecule has 156 valence electrons. The van der Waals surface area contributed by atoms with Gasteiger partial charge in [0, 0.05) is 28.2 Å². The molecule has 30 heavy (non-hydrogen) atoms. The molecule has 0 amide bonds. The monoisotopic (exact) mass is 442 g/mol. The highest BCUT2D eigenvalue weighted by Gasteiger charge is 2.24. The highest BCUT2D eigenvalue weighted by molar-refractivity contribution is 8.06. The molecule has 0 saturated heterocycles. The Morgan fingerprint density at radius 1 is 1.00 bits per heavy atom. The molecule has 0 unspecified atom stereocenters. The van der Waals surface area contributed by atoms with Crippen molar-refractivity contribution < 1.29 is 17.3 Å². The summed E-state index contributed by atoms with van der Waals surface area (Å²) < 4.78 is 36.6. The Bertz CT molecular complexity index is 1120. The molecule has 0 aliphatic rings. The summed E-state index contributed by atoms with van der Waals surface area (Å²) in [7, 11) is -3.97. The van der Waals surface area contributed by atoms with E-state index in [0.717, 1.165) is 4.90 Å². The summed E-state index contributed by atoms with van der Waals surface area (Å²) in [6.45, 7) is 2.62. The number of benzene rings is 3. The zero-order valence-electron chi connectivity index (χ0n) is 16.4. The lowest BCUT2D eigenvalue weighted by molar-refractivity contribution is 0.239. The van der Waals surface area contributed by atoms with Crippen LogP contribution in [0.15, 0.2) is 82.6 Å². The Morgan fingerprint density at radius 2 is 1.70 bits per heavy atom. The molecule has 3 aromatic carbocycles. The molecule has 0 aromatic heterocycles. The molecule has 0 bridgehead atoms. The zero-order valence-corrected chi connectivity index (χ0v) is 18.0. The third-order valence-electron chi connectivity index (χ3n) is 4.20.